The quantitative estimate of drug-likeness (QED) is 0.602. The molecule has 25 heavy (non-hydrogen) atoms. The molecule has 0 unspecified atom stereocenters. The van der Waals surface area contributed by atoms with E-state index in [1.54, 1.807) is 39.8 Å². The van der Waals surface area contributed by atoms with Gasteiger partial charge in [-0.1, -0.05) is 24.3 Å². The summed E-state index contributed by atoms with van der Waals surface area (Å²) < 4.78 is 10.1. The summed E-state index contributed by atoms with van der Waals surface area (Å²) in [5.41, 5.74) is 0.808. The number of Topliss-reactive ketones (excluding diaryl/α,β-unsaturated/α-hetero) is 1. The van der Waals surface area contributed by atoms with Crippen LogP contribution in [-0.4, -0.2) is 36.1 Å². The van der Waals surface area contributed by atoms with E-state index in [0.717, 1.165) is 5.56 Å². The summed E-state index contributed by atoms with van der Waals surface area (Å²) in [6.45, 7) is 8.92. The van der Waals surface area contributed by atoms with Crippen LogP contribution in [0.1, 0.15) is 56.5 Å². The molecular weight excluding hydrogens is 322 g/mol. The second-order valence-corrected chi connectivity index (χ2v) is 6.73. The molecule has 0 aliphatic heterocycles. The van der Waals surface area contributed by atoms with Gasteiger partial charge in [-0.25, -0.2) is 9.59 Å². The van der Waals surface area contributed by atoms with E-state index >= 15 is 0 Å². The van der Waals surface area contributed by atoms with Gasteiger partial charge in [0.1, 0.15) is 11.6 Å². The molecule has 0 aliphatic carbocycles. The Bertz CT molecular complexity index is 618. The number of hydrogen-bond acceptors (Lipinski definition) is 5. The molecular formula is C19H27NO5. The van der Waals surface area contributed by atoms with E-state index in [-0.39, 0.29) is 25.2 Å². The van der Waals surface area contributed by atoms with Crippen molar-refractivity contribution in [1.29, 1.82) is 0 Å². The lowest BCUT2D eigenvalue weighted by Gasteiger charge is -2.22. The monoisotopic (exact) mass is 349 g/mol. The van der Waals surface area contributed by atoms with E-state index in [0.29, 0.717) is 5.56 Å². The zero-order chi connectivity index (χ0) is 19.0. The number of nitrogens with one attached hydrogen (secondary N) is 1. The lowest BCUT2D eigenvalue weighted by Crippen LogP contribution is -2.44. The lowest BCUT2D eigenvalue weighted by molar-refractivity contribution is -0.145. The van der Waals surface area contributed by atoms with Gasteiger partial charge in [0.2, 0.25) is 0 Å². The van der Waals surface area contributed by atoms with Gasteiger partial charge < -0.3 is 14.8 Å². The molecule has 0 aliphatic rings. The Morgan fingerprint density at radius 1 is 1.16 bits per heavy atom. The highest BCUT2D eigenvalue weighted by molar-refractivity contribution is 5.97. The fraction of sp³-hybridized carbons (Fsp3) is 0.526. The highest BCUT2D eigenvalue weighted by atomic mass is 16.6. The number of amides is 1. The summed E-state index contributed by atoms with van der Waals surface area (Å²) in [7, 11) is 0. The van der Waals surface area contributed by atoms with Gasteiger partial charge in [-0.15, -0.1) is 0 Å². The summed E-state index contributed by atoms with van der Waals surface area (Å²) in [6.07, 6.45) is -0.455. The molecule has 0 aromatic heterocycles. The van der Waals surface area contributed by atoms with Crippen molar-refractivity contribution >= 4 is 17.8 Å². The summed E-state index contributed by atoms with van der Waals surface area (Å²) >= 11 is 0. The van der Waals surface area contributed by atoms with Gasteiger partial charge in [0, 0.05) is 12.0 Å². The average molecular weight is 349 g/mol. The Balaban J connectivity index is 2.74. The van der Waals surface area contributed by atoms with Crippen molar-refractivity contribution in [3.63, 3.8) is 0 Å². The number of carbonyl (C=O) groups excluding carboxylic acids is 3. The second-order valence-electron chi connectivity index (χ2n) is 6.73. The summed E-state index contributed by atoms with van der Waals surface area (Å²) in [5, 5.41) is 2.49. The van der Waals surface area contributed by atoms with Crippen molar-refractivity contribution in [2.24, 2.45) is 0 Å². The number of carbonyl (C=O) groups is 3. The van der Waals surface area contributed by atoms with Gasteiger partial charge in [0.05, 0.1) is 6.61 Å². The first-order valence-electron chi connectivity index (χ1n) is 8.39. The third kappa shape index (κ3) is 7.37. The van der Waals surface area contributed by atoms with Crippen LogP contribution in [0.25, 0.3) is 0 Å². The van der Waals surface area contributed by atoms with E-state index in [2.05, 4.69) is 5.32 Å². The van der Waals surface area contributed by atoms with Crippen LogP contribution in [0, 0.1) is 6.92 Å². The summed E-state index contributed by atoms with van der Waals surface area (Å²) in [4.78, 5) is 36.3. The van der Waals surface area contributed by atoms with Gasteiger partial charge in [-0.2, -0.15) is 0 Å². The van der Waals surface area contributed by atoms with E-state index in [9.17, 15) is 14.4 Å². The Labute approximate surface area is 148 Å². The highest BCUT2D eigenvalue weighted by Gasteiger charge is 2.26. The molecule has 0 bridgehead atoms. The first kappa shape index (κ1) is 20.7. The maximum Gasteiger partial charge on any atom is 0.408 e. The van der Waals surface area contributed by atoms with Gasteiger partial charge in [0.15, 0.2) is 5.78 Å². The van der Waals surface area contributed by atoms with E-state index in [1.165, 1.54) is 0 Å². The number of ether oxygens (including phenoxy) is 2. The summed E-state index contributed by atoms with van der Waals surface area (Å²) in [5.74, 6) is -0.663. The minimum absolute atomic E-state index is 0.0848. The van der Waals surface area contributed by atoms with Crippen LogP contribution >= 0.6 is 0 Å². The van der Waals surface area contributed by atoms with Crippen LogP contribution in [0.2, 0.25) is 0 Å². The van der Waals surface area contributed by atoms with Crippen LogP contribution in [0.3, 0.4) is 0 Å². The zero-order valence-corrected chi connectivity index (χ0v) is 15.5. The van der Waals surface area contributed by atoms with Crippen molar-refractivity contribution in [3.8, 4) is 0 Å². The predicted molar refractivity (Wildman–Crippen MR) is 94.5 cm³/mol. The molecule has 1 rings (SSSR count). The number of esters is 1. The van der Waals surface area contributed by atoms with E-state index in [4.69, 9.17) is 9.47 Å². The minimum Gasteiger partial charge on any atom is -0.464 e. The lowest BCUT2D eigenvalue weighted by atomic mass is 9.99. The fourth-order valence-corrected chi connectivity index (χ4v) is 2.24. The molecule has 1 aromatic rings. The van der Waals surface area contributed by atoms with Gasteiger partial charge in [0.25, 0.3) is 0 Å². The maximum absolute atomic E-state index is 12.4. The standard InChI is InChI=1S/C19H27NO5/c1-6-24-17(22)15(20-18(23)25-19(3,4)5)11-12-16(21)14-10-8-7-9-13(14)2/h7-10,15H,6,11-12H2,1-5H3,(H,20,23)/t15-/m1/s1. The minimum atomic E-state index is -0.928. The summed E-state index contributed by atoms with van der Waals surface area (Å²) in [6, 6.07) is 6.33. The SMILES string of the molecule is CCOC(=O)[C@@H](CCC(=O)c1ccccc1C)NC(=O)OC(C)(C)C. The van der Waals surface area contributed by atoms with E-state index in [1.807, 2.05) is 19.1 Å². The molecule has 6 heteroatoms. The molecule has 1 amide bonds. The largest absolute Gasteiger partial charge is 0.464 e. The zero-order valence-electron chi connectivity index (χ0n) is 15.5. The van der Waals surface area contributed by atoms with Crippen molar-refractivity contribution in [2.75, 3.05) is 6.61 Å². The van der Waals surface area contributed by atoms with Crippen molar-refractivity contribution in [3.05, 3.63) is 35.4 Å². The second kappa shape index (κ2) is 9.20. The number of alkyl carbamates (subject to hydrolysis) is 1. The number of rotatable bonds is 7. The van der Waals surface area contributed by atoms with E-state index < -0.39 is 23.7 Å². The van der Waals surface area contributed by atoms with Crippen LogP contribution in [0.4, 0.5) is 4.79 Å². The van der Waals surface area contributed by atoms with Gasteiger partial charge >= 0.3 is 12.1 Å². The molecule has 0 saturated heterocycles. The molecule has 1 N–H and O–H groups in total. The van der Waals surface area contributed by atoms with Gasteiger partial charge in [-0.05, 0) is 46.6 Å². The molecule has 0 spiro atoms. The molecule has 138 valence electrons. The molecule has 0 heterocycles. The fourth-order valence-electron chi connectivity index (χ4n) is 2.24. The van der Waals surface area contributed by atoms with Crippen LogP contribution in [0.5, 0.6) is 0 Å². The highest BCUT2D eigenvalue weighted by Crippen LogP contribution is 2.13. The third-order valence-electron chi connectivity index (χ3n) is 3.37. The van der Waals surface area contributed by atoms with Crippen molar-refractivity contribution in [2.45, 2.75) is 59.1 Å². The normalized spacial score (nSPS) is 12.2. The van der Waals surface area contributed by atoms with Crippen LogP contribution < -0.4 is 5.32 Å². The number of ketones is 1. The Hall–Kier alpha value is -2.37. The van der Waals surface area contributed by atoms with Crippen LogP contribution in [0.15, 0.2) is 24.3 Å². The number of benzene rings is 1. The topological polar surface area (TPSA) is 81.7 Å². The number of hydrogen-bond donors (Lipinski definition) is 1. The molecule has 1 atom stereocenters. The molecule has 0 fully saturated rings. The third-order valence-corrected chi connectivity index (χ3v) is 3.37. The molecule has 0 radical (unpaired) electrons. The molecule has 0 saturated carbocycles. The first-order valence-corrected chi connectivity index (χ1v) is 8.39. The van der Waals surface area contributed by atoms with Crippen LogP contribution in [-0.2, 0) is 14.3 Å². The smallest absolute Gasteiger partial charge is 0.408 e. The van der Waals surface area contributed by atoms with Crippen molar-refractivity contribution in [1.82, 2.24) is 5.32 Å². The molecule has 1 aromatic carbocycles. The van der Waals surface area contributed by atoms with Crippen molar-refractivity contribution < 1.29 is 23.9 Å². The first-order chi connectivity index (χ1) is 11.6. The Kier molecular flexibility index (Phi) is 7.61. The average Bonchev–Trinajstić information content (AvgIpc) is 2.50. The van der Waals surface area contributed by atoms with Gasteiger partial charge in [-0.3, -0.25) is 4.79 Å². The molecule has 6 nitrogen and oxygen atoms in total. The Morgan fingerprint density at radius 3 is 2.36 bits per heavy atom. The number of aryl methyl sites for hydroxylation is 1. The maximum atomic E-state index is 12.4. The predicted octanol–water partition coefficient (Wildman–Crippen LogP) is 3.41. The Morgan fingerprint density at radius 2 is 1.80 bits per heavy atom.